The summed E-state index contributed by atoms with van der Waals surface area (Å²) in [6, 6.07) is 17.0. The lowest BCUT2D eigenvalue weighted by molar-refractivity contribution is -0.119. The van der Waals surface area contributed by atoms with Gasteiger partial charge in [-0.05, 0) is 67.3 Å². The van der Waals surface area contributed by atoms with E-state index in [9.17, 15) is 14.0 Å². The van der Waals surface area contributed by atoms with Gasteiger partial charge < -0.3 is 10.6 Å². The molecule has 1 aliphatic rings. The normalized spacial score (nSPS) is 14.2. The molecular formula is C24H23ClFN3O2. The standard InChI is InChI=1S/C18H16ClFN2O2.C6H7N/c19-12-8-14-13(15(20)9-12)6-7-16(14)22(10-17(21)23)18(24)11-4-2-1-3-5-11;1-6-4-2-3-5-7-6/h1-5,8-9,16H,6-7,10H2,(H2,21,23);2-5H,1H3. The van der Waals surface area contributed by atoms with Gasteiger partial charge in [-0.15, -0.1) is 0 Å². The average Bonchev–Trinajstić information content (AvgIpc) is 3.17. The van der Waals surface area contributed by atoms with Crippen molar-refractivity contribution in [1.82, 2.24) is 9.88 Å². The van der Waals surface area contributed by atoms with E-state index in [2.05, 4.69) is 4.98 Å². The van der Waals surface area contributed by atoms with Crippen LogP contribution in [0.15, 0.2) is 66.9 Å². The van der Waals surface area contributed by atoms with E-state index in [1.807, 2.05) is 25.1 Å². The number of pyridine rings is 1. The van der Waals surface area contributed by atoms with Crippen LogP contribution in [-0.4, -0.2) is 28.2 Å². The zero-order valence-electron chi connectivity index (χ0n) is 17.1. The Balaban J connectivity index is 0.000000330. The van der Waals surface area contributed by atoms with Crippen LogP contribution in [-0.2, 0) is 11.2 Å². The molecule has 0 spiro atoms. The molecule has 0 saturated carbocycles. The predicted octanol–water partition coefficient (Wildman–Crippen LogP) is 4.48. The molecule has 0 saturated heterocycles. The molecule has 1 aromatic heterocycles. The Labute approximate surface area is 185 Å². The number of hydrogen-bond acceptors (Lipinski definition) is 3. The summed E-state index contributed by atoms with van der Waals surface area (Å²) in [5.74, 6) is -1.31. The van der Waals surface area contributed by atoms with Crippen molar-refractivity contribution in [2.24, 2.45) is 5.73 Å². The van der Waals surface area contributed by atoms with Crippen LogP contribution < -0.4 is 5.73 Å². The van der Waals surface area contributed by atoms with E-state index < -0.39 is 11.9 Å². The molecule has 0 radical (unpaired) electrons. The highest BCUT2D eigenvalue weighted by atomic mass is 35.5. The number of nitrogens with two attached hydrogens (primary N) is 1. The number of aryl methyl sites for hydroxylation is 1. The van der Waals surface area contributed by atoms with Gasteiger partial charge in [-0.25, -0.2) is 4.39 Å². The Morgan fingerprint density at radius 1 is 1.16 bits per heavy atom. The lowest BCUT2D eigenvalue weighted by atomic mass is 10.0. The van der Waals surface area contributed by atoms with Gasteiger partial charge in [0.2, 0.25) is 5.91 Å². The van der Waals surface area contributed by atoms with Gasteiger partial charge in [-0.3, -0.25) is 14.6 Å². The topological polar surface area (TPSA) is 76.3 Å². The fourth-order valence-electron chi connectivity index (χ4n) is 3.63. The number of aromatic nitrogens is 1. The van der Waals surface area contributed by atoms with Gasteiger partial charge in [0.1, 0.15) is 12.4 Å². The van der Waals surface area contributed by atoms with Gasteiger partial charge in [0.25, 0.3) is 5.91 Å². The van der Waals surface area contributed by atoms with Gasteiger partial charge in [-0.1, -0.05) is 35.9 Å². The quantitative estimate of drug-likeness (QED) is 0.651. The summed E-state index contributed by atoms with van der Waals surface area (Å²) >= 11 is 5.97. The van der Waals surface area contributed by atoms with Crippen molar-refractivity contribution in [3.05, 3.63) is 100 Å². The molecule has 0 aliphatic heterocycles. The van der Waals surface area contributed by atoms with Crippen molar-refractivity contribution >= 4 is 23.4 Å². The molecule has 3 aromatic rings. The Kier molecular flexibility index (Phi) is 7.36. The first kappa shape index (κ1) is 22.4. The molecule has 2 aromatic carbocycles. The molecule has 1 unspecified atom stereocenters. The highest BCUT2D eigenvalue weighted by Crippen LogP contribution is 2.39. The van der Waals surface area contributed by atoms with Crippen LogP contribution in [0, 0.1) is 12.7 Å². The van der Waals surface area contributed by atoms with Gasteiger partial charge in [0, 0.05) is 22.5 Å². The van der Waals surface area contributed by atoms with Crippen LogP contribution in [0.4, 0.5) is 4.39 Å². The number of nitrogens with zero attached hydrogens (tertiary/aromatic N) is 2. The third-order valence-corrected chi connectivity index (χ3v) is 5.24. The van der Waals surface area contributed by atoms with E-state index >= 15 is 0 Å². The molecule has 2 N–H and O–H groups in total. The van der Waals surface area contributed by atoms with Crippen LogP contribution in [0.3, 0.4) is 0 Å². The number of primary amides is 1. The fraction of sp³-hybridized carbons (Fsp3) is 0.208. The summed E-state index contributed by atoms with van der Waals surface area (Å²) < 4.78 is 14.1. The SMILES string of the molecule is Cc1ccccn1.NC(=O)CN(C(=O)c1ccccc1)C1CCc2c(F)cc(Cl)cc21. The summed E-state index contributed by atoms with van der Waals surface area (Å²) in [6.07, 6.45) is 2.80. The highest BCUT2D eigenvalue weighted by Gasteiger charge is 2.34. The monoisotopic (exact) mass is 439 g/mol. The first-order valence-electron chi connectivity index (χ1n) is 9.86. The minimum Gasteiger partial charge on any atom is -0.368 e. The molecule has 2 amide bonds. The Morgan fingerprint density at radius 3 is 2.45 bits per heavy atom. The fourth-order valence-corrected chi connectivity index (χ4v) is 3.84. The molecule has 0 fully saturated rings. The maximum Gasteiger partial charge on any atom is 0.254 e. The van der Waals surface area contributed by atoms with Crippen LogP contribution in [0.25, 0.3) is 0 Å². The van der Waals surface area contributed by atoms with Gasteiger partial charge in [0.05, 0.1) is 6.04 Å². The number of fused-ring (bicyclic) bond motifs is 1. The zero-order chi connectivity index (χ0) is 22.4. The van der Waals surface area contributed by atoms with Crippen LogP contribution in [0.5, 0.6) is 0 Å². The lowest BCUT2D eigenvalue weighted by Crippen LogP contribution is -2.40. The number of hydrogen-bond donors (Lipinski definition) is 1. The summed E-state index contributed by atoms with van der Waals surface area (Å²) in [4.78, 5) is 29.7. The van der Waals surface area contributed by atoms with Crippen molar-refractivity contribution in [3.63, 3.8) is 0 Å². The van der Waals surface area contributed by atoms with Gasteiger partial charge >= 0.3 is 0 Å². The van der Waals surface area contributed by atoms with Crippen molar-refractivity contribution in [2.45, 2.75) is 25.8 Å². The number of rotatable bonds is 4. The molecule has 5 nitrogen and oxygen atoms in total. The number of amides is 2. The molecule has 1 aliphatic carbocycles. The van der Waals surface area contributed by atoms with Gasteiger partial charge in [0.15, 0.2) is 0 Å². The zero-order valence-corrected chi connectivity index (χ0v) is 17.8. The van der Waals surface area contributed by atoms with Crippen molar-refractivity contribution in [2.75, 3.05) is 6.54 Å². The van der Waals surface area contributed by atoms with E-state index in [1.165, 1.54) is 11.0 Å². The average molecular weight is 440 g/mol. The first-order chi connectivity index (χ1) is 14.9. The molecule has 4 rings (SSSR count). The van der Waals surface area contributed by atoms with E-state index in [4.69, 9.17) is 17.3 Å². The third kappa shape index (κ3) is 5.67. The molecule has 0 bridgehead atoms. The van der Waals surface area contributed by atoms with Crippen LogP contribution >= 0.6 is 11.6 Å². The van der Waals surface area contributed by atoms with E-state index in [1.54, 1.807) is 42.6 Å². The largest absolute Gasteiger partial charge is 0.368 e. The van der Waals surface area contributed by atoms with E-state index in [0.717, 1.165) is 5.69 Å². The molecular weight excluding hydrogens is 417 g/mol. The summed E-state index contributed by atoms with van der Waals surface area (Å²) in [5.41, 5.74) is 8.03. The minimum absolute atomic E-state index is 0.230. The third-order valence-electron chi connectivity index (χ3n) is 5.02. The van der Waals surface area contributed by atoms with Crippen molar-refractivity contribution in [3.8, 4) is 0 Å². The molecule has 7 heteroatoms. The maximum absolute atomic E-state index is 14.1. The van der Waals surface area contributed by atoms with Crippen molar-refractivity contribution in [1.29, 1.82) is 0 Å². The summed E-state index contributed by atoms with van der Waals surface area (Å²) in [6.45, 7) is 1.74. The van der Waals surface area contributed by atoms with Crippen LogP contribution in [0.1, 0.15) is 39.6 Å². The van der Waals surface area contributed by atoms with Gasteiger partial charge in [-0.2, -0.15) is 0 Å². The highest BCUT2D eigenvalue weighted by molar-refractivity contribution is 6.30. The maximum atomic E-state index is 14.1. The van der Waals surface area contributed by atoms with E-state index in [0.29, 0.717) is 29.5 Å². The second-order valence-corrected chi connectivity index (χ2v) is 7.68. The number of carbonyl (C=O) groups is 2. The minimum atomic E-state index is -0.616. The molecule has 160 valence electrons. The number of halogens is 2. The molecule has 1 heterocycles. The van der Waals surface area contributed by atoms with Crippen molar-refractivity contribution < 1.29 is 14.0 Å². The predicted molar refractivity (Wildman–Crippen MR) is 118 cm³/mol. The number of benzene rings is 2. The first-order valence-corrected chi connectivity index (χ1v) is 10.2. The number of carbonyl (C=O) groups excluding carboxylic acids is 2. The Morgan fingerprint density at radius 2 is 1.87 bits per heavy atom. The molecule has 31 heavy (non-hydrogen) atoms. The second-order valence-electron chi connectivity index (χ2n) is 7.25. The van der Waals surface area contributed by atoms with E-state index in [-0.39, 0.29) is 23.3 Å². The Bertz CT molecular complexity index is 1060. The molecule has 1 atom stereocenters. The smallest absolute Gasteiger partial charge is 0.254 e. The summed E-state index contributed by atoms with van der Waals surface area (Å²) in [7, 11) is 0. The summed E-state index contributed by atoms with van der Waals surface area (Å²) in [5, 5.41) is 0.268. The lowest BCUT2D eigenvalue weighted by Gasteiger charge is -2.29. The van der Waals surface area contributed by atoms with Crippen LogP contribution in [0.2, 0.25) is 5.02 Å². The Hall–Kier alpha value is -3.25. The second kappa shape index (κ2) is 10.2.